The number of carbonyl (C=O) groups is 2. The molecule has 1 N–H and O–H groups in total. The number of amides is 2. The molecule has 1 saturated heterocycles. The van der Waals surface area contributed by atoms with Gasteiger partial charge in [0.2, 0.25) is 5.91 Å². The molecule has 2 amide bonds. The van der Waals surface area contributed by atoms with E-state index in [9.17, 15) is 19.5 Å². The van der Waals surface area contributed by atoms with Crippen LogP contribution in [0.4, 0.5) is 4.79 Å². The number of hydrogen-bond donors (Lipinski definition) is 1. The van der Waals surface area contributed by atoms with Crippen LogP contribution in [0.2, 0.25) is 5.02 Å². The van der Waals surface area contributed by atoms with Crippen molar-refractivity contribution in [1.82, 2.24) is 19.1 Å². The first-order valence-corrected chi connectivity index (χ1v) is 12.9. The third-order valence-corrected chi connectivity index (χ3v) is 7.20. The van der Waals surface area contributed by atoms with E-state index >= 15 is 0 Å². The topological polar surface area (TPSA) is 97.0 Å². The molecule has 1 aromatic heterocycles. The lowest BCUT2D eigenvalue weighted by Crippen LogP contribution is -2.45. The first-order chi connectivity index (χ1) is 17.0. The van der Waals surface area contributed by atoms with Crippen LogP contribution in [0.5, 0.6) is 5.88 Å². The average molecular weight is 519 g/mol. The normalized spacial score (nSPS) is 16.7. The molecule has 2 aromatic rings. The number of halogens is 1. The number of fused-ring (bicyclic) bond motifs is 1. The maximum atomic E-state index is 12.8. The second-order valence-corrected chi connectivity index (χ2v) is 11.4. The Morgan fingerprint density at radius 2 is 1.72 bits per heavy atom. The number of hydrogen-bond acceptors (Lipinski definition) is 5. The number of nitrogens with zero attached hydrogens (tertiary/aromatic N) is 4. The van der Waals surface area contributed by atoms with Crippen LogP contribution >= 0.6 is 11.6 Å². The predicted molar refractivity (Wildman–Crippen MR) is 136 cm³/mol. The van der Waals surface area contributed by atoms with Gasteiger partial charge in [0.15, 0.2) is 0 Å². The van der Waals surface area contributed by atoms with Gasteiger partial charge in [0.05, 0.1) is 6.54 Å². The highest BCUT2D eigenvalue weighted by Gasteiger charge is 2.32. The lowest BCUT2D eigenvalue weighted by molar-refractivity contribution is -0.134. The van der Waals surface area contributed by atoms with Gasteiger partial charge in [-0.1, -0.05) is 49.2 Å². The van der Waals surface area contributed by atoms with Crippen molar-refractivity contribution in [3.05, 3.63) is 51.0 Å². The molecule has 0 saturated carbocycles. The van der Waals surface area contributed by atoms with Crippen LogP contribution in [0.15, 0.2) is 29.1 Å². The Kier molecular flexibility index (Phi) is 7.68. The summed E-state index contributed by atoms with van der Waals surface area (Å²) in [4.78, 5) is 46.7. The summed E-state index contributed by atoms with van der Waals surface area (Å²) in [5, 5.41) is 11.4. The molecule has 9 nitrogen and oxygen atoms in total. The number of aromatic nitrogens is 2. The summed E-state index contributed by atoms with van der Waals surface area (Å²) in [6.07, 6.45) is 3.39. The molecule has 10 heteroatoms. The van der Waals surface area contributed by atoms with Crippen molar-refractivity contribution in [2.75, 3.05) is 19.6 Å². The molecule has 1 fully saturated rings. The Hall–Kier alpha value is -2.94. The Morgan fingerprint density at radius 3 is 2.36 bits per heavy atom. The molecule has 3 heterocycles. The largest absolute Gasteiger partial charge is 0.491 e. The van der Waals surface area contributed by atoms with E-state index in [1.807, 2.05) is 45.0 Å². The number of likely N-dealkylation sites (tertiary alicyclic amines) is 1. The molecular weight excluding hydrogens is 484 g/mol. The van der Waals surface area contributed by atoms with Crippen LogP contribution in [-0.2, 0) is 24.3 Å². The van der Waals surface area contributed by atoms with E-state index in [1.165, 1.54) is 10.1 Å². The number of imidazole rings is 1. The van der Waals surface area contributed by atoms with Crippen molar-refractivity contribution < 1.29 is 19.5 Å². The molecule has 0 unspecified atom stereocenters. The summed E-state index contributed by atoms with van der Waals surface area (Å²) >= 11 is 5.95. The molecule has 0 atom stereocenters. The van der Waals surface area contributed by atoms with Crippen LogP contribution in [0.1, 0.15) is 57.7 Å². The van der Waals surface area contributed by atoms with E-state index in [-0.39, 0.29) is 30.1 Å². The van der Waals surface area contributed by atoms with Gasteiger partial charge in [-0.2, -0.15) is 0 Å². The van der Waals surface area contributed by atoms with E-state index in [2.05, 4.69) is 0 Å². The van der Waals surface area contributed by atoms with Crippen molar-refractivity contribution >= 4 is 23.6 Å². The fourth-order valence-corrected chi connectivity index (χ4v) is 4.97. The van der Waals surface area contributed by atoms with Gasteiger partial charge in [0.25, 0.3) is 5.88 Å². The molecule has 2 aliphatic heterocycles. The zero-order valence-electron chi connectivity index (χ0n) is 21.2. The smallest absolute Gasteiger partial charge is 0.434 e. The van der Waals surface area contributed by atoms with Gasteiger partial charge in [0.1, 0.15) is 5.69 Å². The first kappa shape index (κ1) is 26.1. The summed E-state index contributed by atoms with van der Waals surface area (Å²) in [5.74, 6) is 0.0306. The summed E-state index contributed by atoms with van der Waals surface area (Å²) in [6.45, 7) is 7.72. The summed E-state index contributed by atoms with van der Waals surface area (Å²) in [7, 11) is 0. The fraction of sp³-hybridized carbons (Fsp3) is 0.577. The lowest BCUT2D eigenvalue weighted by Gasteiger charge is -2.31. The molecule has 1 aromatic carbocycles. The zero-order valence-corrected chi connectivity index (χ0v) is 22.0. The van der Waals surface area contributed by atoms with Crippen LogP contribution in [0.3, 0.4) is 0 Å². The quantitative estimate of drug-likeness (QED) is 0.651. The SMILES string of the molecule is CC(C)(C)CC(=O)N1CCn2c(c(O)n(OC(=O)N3CCC(CCc4ccc(Cl)cc4)CC3)c2=O)C1. The van der Waals surface area contributed by atoms with Gasteiger partial charge < -0.3 is 19.7 Å². The Balaban J connectivity index is 1.32. The average Bonchev–Trinajstić information content (AvgIpc) is 3.07. The molecule has 36 heavy (non-hydrogen) atoms. The maximum absolute atomic E-state index is 12.8. The monoisotopic (exact) mass is 518 g/mol. The van der Waals surface area contributed by atoms with Crippen LogP contribution in [-0.4, -0.2) is 55.8 Å². The minimum atomic E-state index is -0.660. The first-order valence-electron chi connectivity index (χ1n) is 12.5. The summed E-state index contributed by atoms with van der Waals surface area (Å²) in [6, 6.07) is 7.87. The fourth-order valence-electron chi connectivity index (χ4n) is 4.84. The summed E-state index contributed by atoms with van der Waals surface area (Å²) in [5.41, 5.74) is 0.743. The van der Waals surface area contributed by atoms with Gasteiger partial charge in [-0.05, 0) is 54.7 Å². The number of piperidine rings is 1. The molecule has 0 aliphatic carbocycles. The van der Waals surface area contributed by atoms with E-state index < -0.39 is 17.7 Å². The Morgan fingerprint density at radius 1 is 1.06 bits per heavy atom. The van der Waals surface area contributed by atoms with Crippen molar-refractivity contribution in [1.29, 1.82) is 0 Å². The lowest BCUT2D eigenvalue weighted by atomic mass is 9.91. The number of aromatic hydroxyl groups is 1. The van der Waals surface area contributed by atoms with Crippen molar-refractivity contribution in [2.24, 2.45) is 11.3 Å². The maximum Gasteiger partial charge on any atom is 0.434 e. The molecular formula is C26H35ClN4O5. The highest BCUT2D eigenvalue weighted by molar-refractivity contribution is 6.30. The van der Waals surface area contributed by atoms with Gasteiger partial charge >= 0.3 is 11.8 Å². The standard InChI is InChI=1S/C26H35ClN4O5/c1-26(2,3)16-22(32)29-14-15-30-21(17-29)23(33)31(24(30)34)36-25(35)28-12-10-19(11-13-28)5-4-18-6-8-20(27)9-7-18/h6-9,19,33H,4-5,10-17H2,1-3H3. The van der Waals surface area contributed by atoms with Crippen LogP contribution < -0.4 is 10.5 Å². The second-order valence-electron chi connectivity index (χ2n) is 11.0. The van der Waals surface area contributed by atoms with Gasteiger partial charge in [0, 0.05) is 37.6 Å². The van der Waals surface area contributed by atoms with Gasteiger partial charge in [-0.15, -0.1) is 0 Å². The minimum absolute atomic E-state index is 0.0377. The van der Waals surface area contributed by atoms with Crippen molar-refractivity contribution in [3.8, 4) is 5.88 Å². The number of rotatable bonds is 5. The summed E-state index contributed by atoms with van der Waals surface area (Å²) < 4.78 is 2.02. The predicted octanol–water partition coefficient (Wildman–Crippen LogP) is 3.68. The van der Waals surface area contributed by atoms with Gasteiger partial charge in [-0.25, -0.2) is 9.59 Å². The molecule has 4 rings (SSSR count). The highest BCUT2D eigenvalue weighted by atomic mass is 35.5. The Bertz CT molecular complexity index is 1160. The zero-order chi connectivity index (χ0) is 26.0. The molecule has 0 bridgehead atoms. The van der Waals surface area contributed by atoms with E-state index in [0.29, 0.717) is 36.7 Å². The van der Waals surface area contributed by atoms with E-state index in [4.69, 9.17) is 16.4 Å². The molecule has 2 aliphatic rings. The van der Waals surface area contributed by atoms with E-state index in [0.717, 1.165) is 30.7 Å². The third kappa shape index (κ3) is 6.06. The van der Waals surface area contributed by atoms with Crippen molar-refractivity contribution in [2.45, 2.75) is 66.0 Å². The van der Waals surface area contributed by atoms with Crippen LogP contribution in [0.25, 0.3) is 0 Å². The van der Waals surface area contributed by atoms with Crippen molar-refractivity contribution in [3.63, 3.8) is 0 Å². The third-order valence-electron chi connectivity index (χ3n) is 6.95. The number of benzene rings is 1. The second kappa shape index (κ2) is 10.6. The number of carbonyl (C=O) groups excluding carboxylic acids is 2. The van der Waals surface area contributed by atoms with Crippen LogP contribution in [0, 0.1) is 11.3 Å². The molecule has 0 spiro atoms. The minimum Gasteiger partial charge on any atom is -0.491 e. The number of aryl methyl sites for hydroxylation is 1. The van der Waals surface area contributed by atoms with E-state index in [1.54, 1.807) is 9.80 Å². The highest BCUT2D eigenvalue weighted by Crippen LogP contribution is 2.26. The molecule has 196 valence electrons. The molecule has 0 radical (unpaired) electrons. The van der Waals surface area contributed by atoms with Gasteiger partial charge in [-0.3, -0.25) is 9.36 Å². The Labute approximate surface area is 216 Å².